The number of hydrogen-bond acceptors (Lipinski definition) is 2. The van der Waals surface area contributed by atoms with Crippen LogP contribution in [0.2, 0.25) is 0 Å². The van der Waals surface area contributed by atoms with E-state index in [1.807, 2.05) is 0 Å². The van der Waals surface area contributed by atoms with Crippen LogP contribution in [0.1, 0.15) is 12.8 Å². The molecule has 8 heavy (non-hydrogen) atoms. The highest BCUT2D eigenvalue weighted by atomic mass is 32.2. The molecule has 0 amide bonds. The summed E-state index contributed by atoms with van der Waals surface area (Å²) in [5.41, 5.74) is -0.185. The molecule has 3 nitrogen and oxygen atoms in total. The molecule has 0 spiro atoms. The monoisotopic (exact) mass is 135 g/mol. The van der Waals surface area contributed by atoms with Crippen molar-refractivity contribution in [2.24, 2.45) is 5.14 Å². The predicted molar refractivity (Wildman–Crippen MR) is 31.3 cm³/mol. The van der Waals surface area contributed by atoms with Crippen molar-refractivity contribution in [3.63, 3.8) is 0 Å². The molecule has 1 fully saturated rings. The zero-order chi connectivity index (χ0) is 5.98. The third-order valence-corrected chi connectivity index (χ3v) is 2.04. The van der Waals surface area contributed by atoms with E-state index in [1.165, 1.54) is 0 Å². The molecule has 0 aromatic heterocycles. The molecule has 48 valence electrons. The number of ether oxygens (including phenoxy) is 1. The standard InChI is InChI=1S/C4H9NO2S/c5-8(6)4-2-1-3-7-4/h4H,1-3,5H2. The SMILES string of the molecule is NS(=O)C1CCCO1. The van der Waals surface area contributed by atoms with Crippen LogP contribution in [-0.2, 0) is 15.7 Å². The zero-order valence-corrected chi connectivity index (χ0v) is 5.32. The maximum atomic E-state index is 10.4. The molecule has 4 heteroatoms. The van der Waals surface area contributed by atoms with Crippen molar-refractivity contribution in [1.82, 2.24) is 0 Å². The van der Waals surface area contributed by atoms with Gasteiger partial charge >= 0.3 is 0 Å². The highest BCUT2D eigenvalue weighted by Crippen LogP contribution is 2.12. The van der Waals surface area contributed by atoms with Gasteiger partial charge < -0.3 is 4.74 Å². The average molecular weight is 135 g/mol. The third kappa shape index (κ3) is 1.27. The Hall–Kier alpha value is 0.0700. The third-order valence-electron chi connectivity index (χ3n) is 1.15. The summed E-state index contributed by atoms with van der Waals surface area (Å²) < 4.78 is 15.4. The van der Waals surface area contributed by atoms with Gasteiger partial charge in [0.15, 0.2) is 0 Å². The van der Waals surface area contributed by atoms with Crippen molar-refractivity contribution in [3.05, 3.63) is 0 Å². The van der Waals surface area contributed by atoms with E-state index < -0.39 is 11.0 Å². The Kier molecular flexibility index (Phi) is 1.99. The summed E-state index contributed by atoms with van der Waals surface area (Å²) >= 11 is 0. The molecule has 0 radical (unpaired) electrons. The van der Waals surface area contributed by atoms with E-state index in [0.29, 0.717) is 6.61 Å². The maximum absolute atomic E-state index is 10.4. The summed E-state index contributed by atoms with van der Waals surface area (Å²) in [6.45, 7) is 0.716. The Balaban J connectivity index is 2.35. The molecule has 0 aliphatic carbocycles. The van der Waals surface area contributed by atoms with Gasteiger partial charge in [-0.25, -0.2) is 9.35 Å². The van der Waals surface area contributed by atoms with Gasteiger partial charge in [-0.2, -0.15) is 0 Å². The van der Waals surface area contributed by atoms with Crippen LogP contribution in [0.25, 0.3) is 0 Å². The van der Waals surface area contributed by atoms with Crippen LogP contribution in [0.5, 0.6) is 0 Å². The van der Waals surface area contributed by atoms with Crippen molar-refractivity contribution < 1.29 is 8.95 Å². The molecule has 2 unspecified atom stereocenters. The first kappa shape index (κ1) is 6.19. The van der Waals surface area contributed by atoms with Crippen LogP contribution in [0.4, 0.5) is 0 Å². The Morgan fingerprint density at radius 2 is 2.50 bits per heavy atom. The van der Waals surface area contributed by atoms with E-state index in [1.54, 1.807) is 0 Å². The van der Waals surface area contributed by atoms with Gasteiger partial charge in [-0.05, 0) is 12.8 Å². The first-order valence-corrected chi connectivity index (χ1v) is 3.85. The van der Waals surface area contributed by atoms with E-state index in [4.69, 9.17) is 9.88 Å². The molecular formula is C4H9NO2S. The minimum Gasteiger partial charge on any atom is -0.364 e. The van der Waals surface area contributed by atoms with E-state index >= 15 is 0 Å². The van der Waals surface area contributed by atoms with Crippen LogP contribution in [0, 0.1) is 0 Å². The second kappa shape index (κ2) is 2.57. The van der Waals surface area contributed by atoms with E-state index in [2.05, 4.69) is 0 Å². The van der Waals surface area contributed by atoms with Crippen molar-refractivity contribution in [2.75, 3.05) is 6.61 Å². The lowest BCUT2D eigenvalue weighted by molar-refractivity contribution is 0.169. The molecule has 2 atom stereocenters. The Morgan fingerprint density at radius 1 is 1.75 bits per heavy atom. The summed E-state index contributed by atoms with van der Waals surface area (Å²) in [7, 11) is -1.26. The molecule has 0 aromatic carbocycles. The summed E-state index contributed by atoms with van der Waals surface area (Å²) in [5.74, 6) is 0. The molecular weight excluding hydrogens is 126 g/mol. The van der Waals surface area contributed by atoms with Crippen molar-refractivity contribution in [2.45, 2.75) is 18.3 Å². The molecule has 0 saturated carbocycles. The zero-order valence-electron chi connectivity index (χ0n) is 4.50. The second-order valence-electron chi connectivity index (χ2n) is 1.77. The minimum absolute atomic E-state index is 0.185. The fourth-order valence-electron chi connectivity index (χ4n) is 0.731. The maximum Gasteiger partial charge on any atom is 0.146 e. The van der Waals surface area contributed by atoms with Gasteiger partial charge in [0.2, 0.25) is 0 Å². The predicted octanol–water partition coefficient (Wildman–Crippen LogP) is -0.255. The van der Waals surface area contributed by atoms with Crippen LogP contribution in [0.3, 0.4) is 0 Å². The van der Waals surface area contributed by atoms with Gasteiger partial charge in [0.25, 0.3) is 0 Å². The number of nitrogens with two attached hydrogens (primary N) is 1. The van der Waals surface area contributed by atoms with Gasteiger partial charge in [-0.15, -0.1) is 0 Å². The van der Waals surface area contributed by atoms with Crippen LogP contribution in [-0.4, -0.2) is 16.3 Å². The first-order valence-electron chi connectivity index (χ1n) is 2.57. The molecule has 0 bridgehead atoms. The Morgan fingerprint density at radius 3 is 2.75 bits per heavy atom. The van der Waals surface area contributed by atoms with Gasteiger partial charge in [-0.1, -0.05) is 0 Å². The summed E-state index contributed by atoms with van der Waals surface area (Å²) in [6.07, 6.45) is 1.84. The quantitative estimate of drug-likeness (QED) is 0.539. The van der Waals surface area contributed by atoms with Crippen LogP contribution < -0.4 is 5.14 Å². The molecule has 1 rings (SSSR count). The van der Waals surface area contributed by atoms with Crippen molar-refractivity contribution in [3.8, 4) is 0 Å². The van der Waals surface area contributed by atoms with Gasteiger partial charge in [0.05, 0.1) is 0 Å². The topological polar surface area (TPSA) is 52.3 Å². The fraction of sp³-hybridized carbons (Fsp3) is 1.00. The van der Waals surface area contributed by atoms with E-state index in [-0.39, 0.29) is 5.44 Å². The fourth-order valence-corrected chi connectivity index (χ4v) is 1.36. The number of hydrogen-bond donors (Lipinski definition) is 1. The van der Waals surface area contributed by atoms with Crippen LogP contribution >= 0.6 is 0 Å². The largest absolute Gasteiger partial charge is 0.364 e. The summed E-state index contributed by atoms with van der Waals surface area (Å²) in [4.78, 5) is 0. The van der Waals surface area contributed by atoms with Crippen molar-refractivity contribution in [1.29, 1.82) is 0 Å². The lowest BCUT2D eigenvalue weighted by atomic mass is 10.4. The lowest BCUT2D eigenvalue weighted by Gasteiger charge is -2.01. The molecule has 2 N–H and O–H groups in total. The smallest absolute Gasteiger partial charge is 0.146 e. The summed E-state index contributed by atoms with van der Waals surface area (Å²) in [6, 6.07) is 0. The van der Waals surface area contributed by atoms with E-state index in [0.717, 1.165) is 12.8 Å². The highest BCUT2D eigenvalue weighted by Gasteiger charge is 2.18. The molecule has 1 aliphatic rings. The first-order chi connectivity index (χ1) is 3.80. The normalized spacial score (nSPS) is 32.9. The van der Waals surface area contributed by atoms with Crippen LogP contribution in [0.15, 0.2) is 0 Å². The second-order valence-corrected chi connectivity index (χ2v) is 2.95. The molecule has 1 saturated heterocycles. The Bertz CT molecular complexity index is 100. The molecule has 1 aliphatic heterocycles. The van der Waals surface area contributed by atoms with Gasteiger partial charge in [0, 0.05) is 6.61 Å². The van der Waals surface area contributed by atoms with E-state index in [9.17, 15) is 4.21 Å². The summed E-state index contributed by atoms with van der Waals surface area (Å²) in [5, 5.41) is 5.04. The van der Waals surface area contributed by atoms with Crippen molar-refractivity contribution >= 4 is 11.0 Å². The Labute approximate surface area is 50.8 Å². The number of rotatable bonds is 1. The van der Waals surface area contributed by atoms with Gasteiger partial charge in [0.1, 0.15) is 16.4 Å². The molecule has 0 aromatic rings. The molecule has 1 heterocycles. The lowest BCUT2D eigenvalue weighted by Crippen LogP contribution is -2.19. The van der Waals surface area contributed by atoms with Gasteiger partial charge in [-0.3, -0.25) is 0 Å². The minimum atomic E-state index is -1.26. The highest BCUT2D eigenvalue weighted by molar-refractivity contribution is 7.83. The average Bonchev–Trinajstić information content (AvgIpc) is 2.12.